The monoisotopic (exact) mass is 320 g/mol. The van der Waals surface area contributed by atoms with E-state index in [0.29, 0.717) is 11.4 Å². The smallest absolute Gasteiger partial charge is 0.209 e. The minimum atomic E-state index is -3.73. The quantitative estimate of drug-likeness (QED) is 0.737. The predicted octanol–water partition coefficient (Wildman–Crippen LogP) is 4.25. The molecule has 0 saturated carbocycles. The van der Waals surface area contributed by atoms with Crippen molar-refractivity contribution >= 4 is 26.6 Å². The van der Waals surface area contributed by atoms with E-state index in [4.69, 9.17) is 11.0 Å². The lowest BCUT2D eigenvalue weighted by Gasteiger charge is -2.20. The number of benzene rings is 1. The molecule has 0 spiro atoms. The summed E-state index contributed by atoms with van der Waals surface area (Å²) >= 11 is 0. The number of fused-ring (bicyclic) bond motifs is 1. The van der Waals surface area contributed by atoms with Crippen molar-refractivity contribution in [3.8, 4) is 0 Å². The summed E-state index contributed by atoms with van der Waals surface area (Å²) < 4.78 is 30.5. The molecule has 1 aromatic carbocycles. The Hall–Kier alpha value is -1.87. The van der Waals surface area contributed by atoms with E-state index in [1.807, 2.05) is 20.8 Å². The van der Waals surface area contributed by atoms with Gasteiger partial charge in [0.2, 0.25) is 11.6 Å². The zero-order valence-corrected chi connectivity index (χ0v) is 14.5. The molecule has 0 aliphatic rings. The van der Waals surface area contributed by atoms with Crippen molar-refractivity contribution in [2.24, 2.45) is 0 Å². The molecular formula is C16H20N2O3S. The molecule has 0 amide bonds. The maximum atomic E-state index is 12.9. The van der Waals surface area contributed by atoms with Crippen LogP contribution in [0.3, 0.4) is 0 Å². The Morgan fingerprint density at radius 1 is 1.14 bits per heavy atom. The average Bonchev–Trinajstić information content (AvgIpc) is 2.79. The maximum absolute atomic E-state index is 12.9. The van der Waals surface area contributed by atoms with Gasteiger partial charge >= 0.3 is 0 Å². The molecule has 0 unspecified atom stereocenters. The van der Waals surface area contributed by atoms with E-state index in [2.05, 4.69) is 9.83 Å². The van der Waals surface area contributed by atoms with Crippen LogP contribution in [-0.4, -0.2) is 18.1 Å². The number of aromatic nitrogens is 1. The minimum Gasteiger partial charge on any atom is -0.440 e. The molecule has 0 fully saturated rings. The van der Waals surface area contributed by atoms with E-state index >= 15 is 0 Å². The van der Waals surface area contributed by atoms with Crippen LogP contribution in [0.4, 0.5) is 5.69 Å². The van der Waals surface area contributed by atoms with Crippen LogP contribution < -0.4 is 0 Å². The van der Waals surface area contributed by atoms with Gasteiger partial charge in [0, 0.05) is 5.41 Å². The van der Waals surface area contributed by atoms with Gasteiger partial charge in [-0.2, -0.15) is 0 Å². The second-order valence-electron chi connectivity index (χ2n) is 7.26. The Morgan fingerprint density at radius 3 is 2.18 bits per heavy atom. The van der Waals surface area contributed by atoms with Gasteiger partial charge in [0.15, 0.2) is 15.4 Å². The first-order valence-electron chi connectivity index (χ1n) is 6.95. The normalized spacial score (nSPS) is 13.3. The van der Waals surface area contributed by atoms with Gasteiger partial charge < -0.3 is 4.42 Å². The fourth-order valence-corrected chi connectivity index (χ4v) is 3.32. The molecule has 118 valence electrons. The number of sulfone groups is 1. The Kier molecular flexibility index (Phi) is 3.61. The molecule has 2 rings (SSSR count). The highest BCUT2D eigenvalue weighted by Crippen LogP contribution is 2.39. The Labute approximate surface area is 131 Å². The molecule has 0 N–H and O–H groups in total. The highest BCUT2D eigenvalue weighted by molar-refractivity contribution is 7.93. The third kappa shape index (κ3) is 2.50. The Morgan fingerprint density at radius 2 is 1.73 bits per heavy atom. The summed E-state index contributed by atoms with van der Waals surface area (Å²) in [4.78, 5) is 7.68. The SMILES string of the molecule is [C-]#[N+]c1ccc2nc(C(C)(C)C)oc2c1S(=O)(=O)C(C)(C)C. The van der Waals surface area contributed by atoms with E-state index in [1.54, 1.807) is 26.8 Å². The molecule has 22 heavy (non-hydrogen) atoms. The molecule has 0 radical (unpaired) electrons. The van der Waals surface area contributed by atoms with Crippen LogP contribution in [0.25, 0.3) is 15.9 Å². The van der Waals surface area contributed by atoms with Crippen molar-refractivity contribution < 1.29 is 12.8 Å². The molecule has 0 atom stereocenters. The second kappa shape index (κ2) is 4.82. The van der Waals surface area contributed by atoms with Crippen molar-refractivity contribution in [2.45, 2.75) is 56.6 Å². The van der Waals surface area contributed by atoms with Crippen LogP contribution in [-0.2, 0) is 15.3 Å². The van der Waals surface area contributed by atoms with E-state index in [9.17, 15) is 8.42 Å². The molecule has 0 aliphatic carbocycles. The number of hydrogen-bond acceptors (Lipinski definition) is 4. The standard InChI is InChI=1S/C16H20N2O3S/c1-15(2,3)14-18-10-8-9-11(17-7)13(12(10)21-14)22(19,20)16(4,5)6/h8-9H,1-6H3. The summed E-state index contributed by atoms with van der Waals surface area (Å²) in [5.74, 6) is 0.454. The lowest BCUT2D eigenvalue weighted by atomic mass is 9.97. The van der Waals surface area contributed by atoms with Crippen molar-refractivity contribution in [1.82, 2.24) is 4.98 Å². The van der Waals surface area contributed by atoms with Crippen LogP contribution in [0.1, 0.15) is 47.4 Å². The van der Waals surface area contributed by atoms with Crippen LogP contribution in [0.5, 0.6) is 0 Å². The Balaban J connectivity index is 2.94. The van der Waals surface area contributed by atoms with Crippen molar-refractivity contribution in [3.05, 3.63) is 29.4 Å². The van der Waals surface area contributed by atoms with Gasteiger partial charge in [-0.05, 0) is 26.8 Å². The lowest BCUT2D eigenvalue weighted by Crippen LogP contribution is -2.28. The predicted molar refractivity (Wildman–Crippen MR) is 85.9 cm³/mol. The molecule has 2 aromatic rings. The largest absolute Gasteiger partial charge is 0.440 e. The molecule has 1 heterocycles. The van der Waals surface area contributed by atoms with Gasteiger partial charge in [-0.25, -0.2) is 18.2 Å². The van der Waals surface area contributed by atoms with Crippen molar-refractivity contribution in [2.75, 3.05) is 0 Å². The molecule has 6 heteroatoms. The third-order valence-corrected chi connectivity index (χ3v) is 5.87. The van der Waals surface area contributed by atoms with Crippen LogP contribution in [0.2, 0.25) is 0 Å². The fourth-order valence-electron chi connectivity index (χ4n) is 1.93. The highest BCUT2D eigenvalue weighted by atomic mass is 32.2. The summed E-state index contributed by atoms with van der Waals surface area (Å²) in [7, 11) is -3.73. The van der Waals surface area contributed by atoms with E-state index < -0.39 is 14.6 Å². The third-order valence-electron chi connectivity index (χ3n) is 3.33. The first-order chi connectivity index (χ1) is 9.89. The summed E-state index contributed by atoms with van der Waals surface area (Å²) in [6.07, 6.45) is 0. The maximum Gasteiger partial charge on any atom is 0.209 e. The molecule has 0 aliphatic heterocycles. The molecule has 0 saturated heterocycles. The number of nitrogens with zero attached hydrogens (tertiary/aromatic N) is 2. The molecular weight excluding hydrogens is 300 g/mol. The number of hydrogen-bond donors (Lipinski definition) is 0. The van der Waals surface area contributed by atoms with Gasteiger partial charge in [0.25, 0.3) is 0 Å². The molecule has 1 aromatic heterocycles. The van der Waals surface area contributed by atoms with Crippen LogP contribution >= 0.6 is 0 Å². The average molecular weight is 320 g/mol. The van der Waals surface area contributed by atoms with Gasteiger partial charge in [-0.3, -0.25) is 0 Å². The van der Waals surface area contributed by atoms with E-state index in [-0.39, 0.29) is 21.6 Å². The van der Waals surface area contributed by atoms with Gasteiger partial charge in [-0.1, -0.05) is 26.8 Å². The van der Waals surface area contributed by atoms with E-state index in [1.165, 1.54) is 6.07 Å². The summed E-state index contributed by atoms with van der Waals surface area (Å²) in [6, 6.07) is 3.12. The van der Waals surface area contributed by atoms with Gasteiger partial charge in [0.1, 0.15) is 10.4 Å². The van der Waals surface area contributed by atoms with Gasteiger partial charge in [0.05, 0.1) is 11.3 Å². The zero-order chi connectivity index (χ0) is 16.9. The van der Waals surface area contributed by atoms with Crippen LogP contribution in [0.15, 0.2) is 21.4 Å². The topological polar surface area (TPSA) is 64.5 Å². The molecule has 5 nitrogen and oxygen atoms in total. The lowest BCUT2D eigenvalue weighted by molar-refractivity contribution is 0.408. The van der Waals surface area contributed by atoms with Gasteiger partial charge in [-0.15, -0.1) is 0 Å². The second-order valence-corrected chi connectivity index (χ2v) is 9.90. The summed E-state index contributed by atoms with van der Waals surface area (Å²) in [6.45, 7) is 17.9. The highest BCUT2D eigenvalue weighted by Gasteiger charge is 2.36. The summed E-state index contributed by atoms with van der Waals surface area (Å²) in [5, 5.41) is 0. The van der Waals surface area contributed by atoms with Crippen molar-refractivity contribution in [3.63, 3.8) is 0 Å². The zero-order valence-electron chi connectivity index (χ0n) is 13.7. The van der Waals surface area contributed by atoms with E-state index in [0.717, 1.165) is 0 Å². The number of rotatable bonds is 1. The number of oxazole rings is 1. The first-order valence-corrected chi connectivity index (χ1v) is 8.44. The van der Waals surface area contributed by atoms with Crippen molar-refractivity contribution in [1.29, 1.82) is 0 Å². The minimum absolute atomic E-state index is 0.0597. The first kappa shape index (κ1) is 16.5. The molecule has 0 bridgehead atoms. The fraction of sp³-hybridized carbons (Fsp3) is 0.500. The van der Waals surface area contributed by atoms with Crippen LogP contribution in [0, 0.1) is 6.57 Å². The summed E-state index contributed by atoms with van der Waals surface area (Å²) in [5.41, 5.74) is 0.354. The Bertz CT molecular complexity index is 873.